The molecule has 0 aromatic heterocycles. The van der Waals surface area contributed by atoms with E-state index in [1.54, 1.807) is 24.3 Å². The molecule has 0 atom stereocenters. The zero-order valence-corrected chi connectivity index (χ0v) is 19.3. The number of carboxylic acid groups (broad SMARTS) is 1. The Hall–Kier alpha value is -2.66. The van der Waals surface area contributed by atoms with Crippen molar-refractivity contribution in [2.75, 3.05) is 13.2 Å². The highest BCUT2D eigenvalue weighted by Gasteiger charge is 2.37. The molecule has 0 amide bonds. The van der Waals surface area contributed by atoms with E-state index in [0.29, 0.717) is 18.9 Å². The predicted molar refractivity (Wildman–Crippen MR) is 125 cm³/mol. The normalized spacial score (nSPS) is 17.2. The minimum atomic E-state index is -0.946. The highest BCUT2D eigenvalue weighted by molar-refractivity contribution is 6.14. The second-order valence-corrected chi connectivity index (χ2v) is 9.78. The highest BCUT2D eigenvalue weighted by Crippen LogP contribution is 2.46. The van der Waals surface area contributed by atoms with E-state index in [9.17, 15) is 9.90 Å². The molecule has 0 unspecified atom stereocenters. The molecule has 0 saturated carbocycles. The van der Waals surface area contributed by atoms with Crippen LogP contribution in [-0.2, 0) is 15.7 Å². The van der Waals surface area contributed by atoms with Gasteiger partial charge in [0.2, 0.25) is 0 Å². The molecule has 0 bridgehead atoms. The van der Waals surface area contributed by atoms with Gasteiger partial charge in [0.15, 0.2) is 0 Å². The third-order valence-corrected chi connectivity index (χ3v) is 6.45. The standard InChI is InChI=1S/C26H34N2O3/c1-17-15-21-22(26(4,5)12-11-25(21,2)3)16-20(17)23(28-31-14-6-13-27)18-7-9-19(10-8-18)24(29)30/h7-10,15-16H,6,11-14,27H2,1-5H3,(H,29,30)/b28-23+. The second kappa shape index (κ2) is 8.83. The summed E-state index contributed by atoms with van der Waals surface area (Å²) in [5, 5.41) is 13.7. The molecular formula is C26H34N2O3. The topological polar surface area (TPSA) is 84.9 Å². The molecule has 2 aromatic carbocycles. The number of fused-ring (bicyclic) bond motifs is 1. The lowest BCUT2D eigenvalue weighted by atomic mass is 9.62. The van der Waals surface area contributed by atoms with Crippen LogP contribution < -0.4 is 5.73 Å². The molecular weight excluding hydrogens is 388 g/mol. The molecule has 0 fully saturated rings. The number of aromatic carboxylic acids is 1. The van der Waals surface area contributed by atoms with Crippen molar-refractivity contribution < 1.29 is 14.7 Å². The Kier molecular flexibility index (Phi) is 6.56. The number of nitrogens with zero attached hydrogens (tertiary/aromatic N) is 1. The summed E-state index contributed by atoms with van der Waals surface area (Å²) >= 11 is 0. The first-order chi connectivity index (χ1) is 14.6. The maximum absolute atomic E-state index is 11.3. The number of benzene rings is 2. The van der Waals surface area contributed by atoms with Crippen LogP contribution in [0.2, 0.25) is 0 Å². The minimum Gasteiger partial charge on any atom is -0.478 e. The van der Waals surface area contributed by atoms with E-state index < -0.39 is 5.97 Å². The average Bonchev–Trinajstić information content (AvgIpc) is 2.72. The van der Waals surface area contributed by atoms with Gasteiger partial charge in [0.05, 0.1) is 5.56 Å². The molecule has 2 aromatic rings. The Bertz CT molecular complexity index is 988. The van der Waals surface area contributed by atoms with Crippen molar-refractivity contribution in [2.24, 2.45) is 10.9 Å². The number of hydrogen-bond donors (Lipinski definition) is 2. The van der Waals surface area contributed by atoms with Gasteiger partial charge in [0, 0.05) is 11.1 Å². The van der Waals surface area contributed by atoms with Gasteiger partial charge in [-0.15, -0.1) is 0 Å². The van der Waals surface area contributed by atoms with Crippen LogP contribution in [0.1, 0.15) is 85.1 Å². The minimum absolute atomic E-state index is 0.0754. The third-order valence-electron chi connectivity index (χ3n) is 6.45. The van der Waals surface area contributed by atoms with Gasteiger partial charge in [-0.25, -0.2) is 4.79 Å². The summed E-state index contributed by atoms with van der Waals surface area (Å²) in [6.07, 6.45) is 3.01. The first-order valence-electron chi connectivity index (χ1n) is 11.0. The lowest BCUT2D eigenvalue weighted by Gasteiger charge is -2.42. The molecule has 31 heavy (non-hydrogen) atoms. The lowest BCUT2D eigenvalue weighted by Crippen LogP contribution is -2.34. The molecule has 5 nitrogen and oxygen atoms in total. The number of nitrogens with two attached hydrogens (primary N) is 1. The Labute approximate surface area is 185 Å². The summed E-state index contributed by atoms with van der Waals surface area (Å²) in [7, 11) is 0. The van der Waals surface area contributed by atoms with Gasteiger partial charge < -0.3 is 15.7 Å². The van der Waals surface area contributed by atoms with Crippen LogP contribution in [0, 0.1) is 6.92 Å². The number of carbonyl (C=O) groups is 1. The molecule has 0 radical (unpaired) electrons. The molecule has 5 heteroatoms. The van der Waals surface area contributed by atoms with Gasteiger partial charge in [-0.05, 0) is 78.5 Å². The number of rotatable bonds is 7. The van der Waals surface area contributed by atoms with Gasteiger partial charge in [0.1, 0.15) is 12.3 Å². The van der Waals surface area contributed by atoms with Crippen LogP contribution in [0.25, 0.3) is 0 Å². The van der Waals surface area contributed by atoms with Crippen LogP contribution in [0.15, 0.2) is 41.6 Å². The van der Waals surface area contributed by atoms with Crippen LogP contribution >= 0.6 is 0 Å². The van der Waals surface area contributed by atoms with E-state index in [2.05, 4.69) is 51.9 Å². The Morgan fingerprint density at radius 1 is 1.03 bits per heavy atom. The van der Waals surface area contributed by atoms with E-state index in [1.807, 2.05) is 0 Å². The smallest absolute Gasteiger partial charge is 0.335 e. The molecule has 0 heterocycles. The zero-order valence-electron chi connectivity index (χ0n) is 19.3. The first-order valence-corrected chi connectivity index (χ1v) is 11.0. The summed E-state index contributed by atoms with van der Waals surface area (Å²) in [5.74, 6) is -0.946. The monoisotopic (exact) mass is 422 g/mol. The highest BCUT2D eigenvalue weighted by atomic mass is 16.6. The fraction of sp³-hybridized carbons (Fsp3) is 0.462. The average molecular weight is 423 g/mol. The summed E-state index contributed by atoms with van der Waals surface area (Å²) in [6.45, 7) is 12.3. The fourth-order valence-electron chi connectivity index (χ4n) is 4.26. The van der Waals surface area contributed by atoms with Crippen molar-refractivity contribution in [1.82, 2.24) is 0 Å². The summed E-state index contributed by atoms with van der Waals surface area (Å²) in [4.78, 5) is 16.9. The predicted octanol–water partition coefficient (Wildman–Crippen LogP) is 5.16. The largest absolute Gasteiger partial charge is 0.478 e. The van der Waals surface area contributed by atoms with Gasteiger partial charge in [-0.1, -0.05) is 51.0 Å². The molecule has 1 aliphatic rings. The van der Waals surface area contributed by atoms with Crippen molar-refractivity contribution >= 4 is 11.7 Å². The quantitative estimate of drug-likeness (QED) is 0.367. The van der Waals surface area contributed by atoms with Crippen molar-refractivity contribution in [3.05, 3.63) is 69.8 Å². The van der Waals surface area contributed by atoms with Crippen LogP contribution in [0.3, 0.4) is 0 Å². The summed E-state index contributed by atoms with van der Waals surface area (Å²) in [5.41, 5.74) is 12.5. The van der Waals surface area contributed by atoms with E-state index in [0.717, 1.165) is 36.0 Å². The van der Waals surface area contributed by atoms with Gasteiger partial charge in [-0.2, -0.15) is 0 Å². The Morgan fingerprint density at radius 2 is 1.58 bits per heavy atom. The van der Waals surface area contributed by atoms with Crippen molar-refractivity contribution in [3.8, 4) is 0 Å². The van der Waals surface area contributed by atoms with E-state index >= 15 is 0 Å². The molecule has 0 spiro atoms. The third kappa shape index (κ3) is 4.82. The number of oxime groups is 1. The summed E-state index contributed by atoms with van der Waals surface area (Å²) < 4.78 is 0. The number of hydrogen-bond acceptors (Lipinski definition) is 4. The maximum atomic E-state index is 11.3. The molecule has 1 aliphatic carbocycles. The Morgan fingerprint density at radius 3 is 2.13 bits per heavy atom. The summed E-state index contributed by atoms with van der Waals surface area (Å²) in [6, 6.07) is 11.4. The molecule has 3 N–H and O–H groups in total. The lowest BCUT2D eigenvalue weighted by molar-refractivity contribution is 0.0697. The van der Waals surface area contributed by atoms with Crippen molar-refractivity contribution in [2.45, 2.75) is 64.7 Å². The molecule has 166 valence electrons. The zero-order chi connectivity index (χ0) is 22.8. The van der Waals surface area contributed by atoms with Crippen molar-refractivity contribution in [3.63, 3.8) is 0 Å². The molecule has 0 aliphatic heterocycles. The van der Waals surface area contributed by atoms with E-state index in [-0.39, 0.29) is 16.4 Å². The number of aryl methyl sites for hydroxylation is 1. The van der Waals surface area contributed by atoms with Crippen LogP contribution in [0.4, 0.5) is 0 Å². The van der Waals surface area contributed by atoms with Crippen LogP contribution in [-0.4, -0.2) is 29.9 Å². The maximum Gasteiger partial charge on any atom is 0.335 e. The van der Waals surface area contributed by atoms with E-state index in [4.69, 9.17) is 10.6 Å². The fourth-order valence-corrected chi connectivity index (χ4v) is 4.26. The molecule has 3 rings (SSSR count). The van der Waals surface area contributed by atoms with Crippen LogP contribution in [0.5, 0.6) is 0 Å². The molecule has 0 saturated heterocycles. The van der Waals surface area contributed by atoms with Gasteiger partial charge in [0.25, 0.3) is 0 Å². The number of carboxylic acids is 1. The van der Waals surface area contributed by atoms with E-state index in [1.165, 1.54) is 11.1 Å². The van der Waals surface area contributed by atoms with Gasteiger partial charge >= 0.3 is 5.97 Å². The Balaban J connectivity index is 2.14. The van der Waals surface area contributed by atoms with Gasteiger partial charge in [-0.3, -0.25) is 0 Å². The van der Waals surface area contributed by atoms with Crippen molar-refractivity contribution in [1.29, 1.82) is 0 Å². The first kappa shape index (κ1) is 23.0. The second-order valence-electron chi connectivity index (χ2n) is 9.78. The SMILES string of the molecule is Cc1cc2c(cc1/C(=N/OCCCN)c1ccc(C(=O)O)cc1)C(C)(C)CCC2(C)C.